The zero-order valence-corrected chi connectivity index (χ0v) is 16.2. The number of pyridine rings is 1. The van der Waals surface area contributed by atoms with Crippen LogP contribution in [0.1, 0.15) is 16.7 Å². The molecule has 152 valence electrons. The normalized spacial score (nSPS) is 12.1. The molecule has 0 unspecified atom stereocenters. The number of rotatable bonds is 5. The molecule has 0 amide bonds. The molecule has 0 atom stereocenters. The molecule has 0 radical (unpaired) electrons. The average Bonchev–Trinajstić information content (AvgIpc) is 2.68. The lowest BCUT2D eigenvalue weighted by atomic mass is 9.95. The number of aromatic nitrogens is 1. The quantitative estimate of drug-likeness (QED) is 0.655. The van der Waals surface area contributed by atoms with Gasteiger partial charge in [-0.2, -0.15) is 13.2 Å². The molecule has 0 spiro atoms. The molecule has 1 heterocycles. The van der Waals surface area contributed by atoms with Crippen LogP contribution in [0.4, 0.5) is 19.0 Å². The summed E-state index contributed by atoms with van der Waals surface area (Å²) in [6, 6.07) is 12.8. The Bertz CT molecular complexity index is 1130. The van der Waals surface area contributed by atoms with Crippen LogP contribution in [0, 0.1) is 0 Å². The molecular formula is C20H18F3N3O2S. The van der Waals surface area contributed by atoms with Gasteiger partial charge in [0.15, 0.2) is 0 Å². The van der Waals surface area contributed by atoms with E-state index in [9.17, 15) is 21.6 Å². The summed E-state index contributed by atoms with van der Waals surface area (Å²) in [5.41, 5.74) is 7.70. The first-order valence-corrected chi connectivity index (χ1v) is 10.0. The van der Waals surface area contributed by atoms with Crippen LogP contribution < -0.4 is 10.5 Å². The Balaban J connectivity index is 2.06. The lowest BCUT2D eigenvalue weighted by Gasteiger charge is -2.14. The first kappa shape index (κ1) is 20.8. The van der Waals surface area contributed by atoms with Crippen molar-refractivity contribution >= 4 is 15.8 Å². The van der Waals surface area contributed by atoms with Gasteiger partial charge in [0.2, 0.25) is 10.0 Å². The van der Waals surface area contributed by atoms with Crippen LogP contribution in [0.2, 0.25) is 0 Å². The second kappa shape index (κ2) is 7.84. The monoisotopic (exact) mass is 421 g/mol. The number of halogens is 3. The van der Waals surface area contributed by atoms with Gasteiger partial charge in [0.05, 0.1) is 10.5 Å². The van der Waals surface area contributed by atoms with Gasteiger partial charge in [0.25, 0.3) is 0 Å². The van der Waals surface area contributed by atoms with Crippen molar-refractivity contribution < 1.29 is 21.6 Å². The largest absolute Gasteiger partial charge is 0.416 e. The Hall–Kier alpha value is -2.91. The summed E-state index contributed by atoms with van der Waals surface area (Å²) >= 11 is 0. The molecule has 1 aromatic heterocycles. The molecule has 0 bridgehead atoms. The number of nitrogens with zero attached hydrogens (tertiary/aromatic N) is 1. The van der Waals surface area contributed by atoms with Crippen LogP contribution in [0.5, 0.6) is 0 Å². The standard InChI is InChI=1S/C20H18F3N3O2S/c1-25-29(27,28)17-7-4-14(18(12-17)15-8-9-26-19(24)11-15)10-13-2-5-16(6-3-13)20(21,22)23/h2-9,11-12,25H,10H2,1H3,(H2,24,26). The van der Waals surface area contributed by atoms with Crippen LogP contribution in [0.15, 0.2) is 65.7 Å². The number of hydrogen-bond donors (Lipinski definition) is 2. The van der Waals surface area contributed by atoms with Crippen molar-refractivity contribution in [3.63, 3.8) is 0 Å². The van der Waals surface area contributed by atoms with E-state index in [0.717, 1.165) is 17.7 Å². The van der Waals surface area contributed by atoms with Crippen LogP contribution >= 0.6 is 0 Å². The minimum absolute atomic E-state index is 0.0709. The zero-order chi connectivity index (χ0) is 21.2. The SMILES string of the molecule is CNS(=O)(=O)c1ccc(Cc2ccc(C(F)(F)F)cc2)c(-c2ccnc(N)c2)c1. The minimum Gasteiger partial charge on any atom is -0.384 e. The number of benzene rings is 2. The number of nitrogen functional groups attached to an aromatic ring is 1. The number of alkyl halides is 3. The molecule has 3 rings (SSSR count). The maximum absolute atomic E-state index is 12.8. The predicted molar refractivity (Wildman–Crippen MR) is 105 cm³/mol. The van der Waals surface area contributed by atoms with Gasteiger partial charge in [-0.1, -0.05) is 18.2 Å². The average molecular weight is 421 g/mol. The molecule has 5 nitrogen and oxygen atoms in total. The zero-order valence-electron chi connectivity index (χ0n) is 15.4. The second-order valence-corrected chi connectivity index (χ2v) is 8.25. The number of nitrogens with two attached hydrogens (primary N) is 1. The predicted octanol–water partition coefficient (Wildman–Crippen LogP) is 3.85. The Morgan fingerprint density at radius 1 is 1.03 bits per heavy atom. The van der Waals surface area contributed by atoms with E-state index in [0.29, 0.717) is 23.1 Å². The Morgan fingerprint density at radius 3 is 2.31 bits per heavy atom. The molecule has 3 aromatic rings. The van der Waals surface area contributed by atoms with Crippen molar-refractivity contribution in [2.24, 2.45) is 0 Å². The van der Waals surface area contributed by atoms with Crippen LogP contribution in [0.3, 0.4) is 0 Å². The fraction of sp³-hybridized carbons (Fsp3) is 0.150. The van der Waals surface area contributed by atoms with Gasteiger partial charge in [0, 0.05) is 6.20 Å². The number of anilines is 1. The Morgan fingerprint density at radius 2 is 1.72 bits per heavy atom. The number of nitrogens with one attached hydrogen (secondary N) is 1. The molecule has 0 aliphatic carbocycles. The third-order valence-corrected chi connectivity index (χ3v) is 5.84. The van der Waals surface area contributed by atoms with Gasteiger partial charge in [-0.15, -0.1) is 0 Å². The summed E-state index contributed by atoms with van der Waals surface area (Å²) in [4.78, 5) is 4.01. The van der Waals surface area contributed by atoms with E-state index >= 15 is 0 Å². The molecule has 2 aromatic carbocycles. The summed E-state index contributed by atoms with van der Waals surface area (Å²) < 4.78 is 65.0. The number of hydrogen-bond acceptors (Lipinski definition) is 4. The first-order valence-electron chi connectivity index (χ1n) is 8.54. The van der Waals surface area contributed by atoms with Gasteiger partial charge in [-0.25, -0.2) is 18.1 Å². The van der Waals surface area contributed by atoms with E-state index in [1.165, 1.54) is 37.5 Å². The topological polar surface area (TPSA) is 85.1 Å². The van der Waals surface area contributed by atoms with Crippen molar-refractivity contribution in [1.82, 2.24) is 9.71 Å². The van der Waals surface area contributed by atoms with Crippen molar-refractivity contribution in [1.29, 1.82) is 0 Å². The summed E-state index contributed by atoms with van der Waals surface area (Å²) in [6.45, 7) is 0. The van der Waals surface area contributed by atoms with E-state index in [1.807, 2.05) is 0 Å². The van der Waals surface area contributed by atoms with Crippen molar-refractivity contribution in [2.45, 2.75) is 17.5 Å². The Labute approximate surface area is 166 Å². The van der Waals surface area contributed by atoms with E-state index in [1.54, 1.807) is 18.2 Å². The van der Waals surface area contributed by atoms with E-state index in [2.05, 4.69) is 9.71 Å². The van der Waals surface area contributed by atoms with E-state index < -0.39 is 21.8 Å². The molecule has 0 fully saturated rings. The molecular weight excluding hydrogens is 403 g/mol. The van der Waals surface area contributed by atoms with Gasteiger partial charge >= 0.3 is 6.18 Å². The first-order chi connectivity index (χ1) is 13.6. The third-order valence-electron chi connectivity index (χ3n) is 4.43. The summed E-state index contributed by atoms with van der Waals surface area (Å²) in [6.07, 6.45) is -2.58. The van der Waals surface area contributed by atoms with Gasteiger partial charge < -0.3 is 5.73 Å². The molecule has 0 saturated carbocycles. The lowest BCUT2D eigenvalue weighted by Crippen LogP contribution is -2.18. The maximum atomic E-state index is 12.8. The summed E-state index contributed by atoms with van der Waals surface area (Å²) in [7, 11) is -2.36. The highest BCUT2D eigenvalue weighted by atomic mass is 32.2. The van der Waals surface area contributed by atoms with E-state index in [4.69, 9.17) is 5.73 Å². The maximum Gasteiger partial charge on any atom is 0.416 e. The van der Waals surface area contributed by atoms with Crippen LogP contribution in [0.25, 0.3) is 11.1 Å². The van der Waals surface area contributed by atoms with Crippen LogP contribution in [-0.4, -0.2) is 20.4 Å². The highest BCUT2D eigenvalue weighted by Gasteiger charge is 2.30. The highest BCUT2D eigenvalue weighted by molar-refractivity contribution is 7.89. The summed E-state index contributed by atoms with van der Waals surface area (Å²) in [5.74, 6) is 0.268. The highest BCUT2D eigenvalue weighted by Crippen LogP contribution is 2.31. The van der Waals surface area contributed by atoms with Crippen molar-refractivity contribution in [2.75, 3.05) is 12.8 Å². The fourth-order valence-electron chi connectivity index (χ4n) is 2.91. The second-order valence-electron chi connectivity index (χ2n) is 6.37. The molecule has 0 aliphatic heterocycles. The molecule has 9 heteroatoms. The van der Waals surface area contributed by atoms with E-state index in [-0.39, 0.29) is 10.7 Å². The Kier molecular flexibility index (Phi) is 5.63. The molecule has 0 saturated heterocycles. The van der Waals surface area contributed by atoms with Crippen molar-refractivity contribution in [3.05, 3.63) is 77.5 Å². The summed E-state index contributed by atoms with van der Waals surface area (Å²) in [5, 5.41) is 0. The molecule has 0 aliphatic rings. The molecule has 3 N–H and O–H groups in total. The van der Waals surface area contributed by atoms with Gasteiger partial charge in [-0.05, 0) is 72.1 Å². The smallest absolute Gasteiger partial charge is 0.384 e. The van der Waals surface area contributed by atoms with Crippen LogP contribution in [-0.2, 0) is 22.6 Å². The fourth-order valence-corrected chi connectivity index (χ4v) is 3.67. The molecule has 29 heavy (non-hydrogen) atoms. The van der Waals surface area contributed by atoms with Gasteiger partial charge in [-0.3, -0.25) is 0 Å². The third kappa shape index (κ3) is 4.75. The number of sulfonamides is 1. The van der Waals surface area contributed by atoms with Gasteiger partial charge in [0.1, 0.15) is 5.82 Å². The minimum atomic E-state index is -4.40. The lowest BCUT2D eigenvalue weighted by molar-refractivity contribution is -0.137. The van der Waals surface area contributed by atoms with Crippen molar-refractivity contribution in [3.8, 4) is 11.1 Å².